The van der Waals surface area contributed by atoms with Gasteiger partial charge in [-0.1, -0.05) is 31.5 Å². The van der Waals surface area contributed by atoms with Crippen LogP contribution in [0.1, 0.15) is 36.2 Å². The largest absolute Gasteiger partial charge is 0.462 e. The van der Waals surface area contributed by atoms with E-state index in [4.69, 9.17) is 10.6 Å². The Hall–Kier alpha value is -2.14. The quantitative estimate of drug-likeness (QED) is 0.497. The van der Waals surface area contributed by atoms with Crippen molar-refractivity contribution in [2.45, 2.75) is 26.7 Å². The minimum Gasteiger partial charge on any atom is -0.462 e. The minimum atomic E-state index is -0.421. The zero-order chi connectivity index (χ0) is 14.5. The third kappa shape index (κ3) is 2.58. The molecule has 0 spiro atoms. The molecule has 106 valence electrons. The van der Waals surface area contributed by atoms with Crippen molar-refractivity contribution in [1.82, 2.24) is 4.98 Å². The van der Waals surface area contributed by atoms with Crippen LogP contribution in [0.25, 0.3) is 10.9 Å². The molecule has 20 heavy (non-hydrogen) atoms. The molecule has 5 nitrogen and oxygen atoms in total. The van der Waals surface area contributed by atoms with Crippen molar-refractivity contribution in [3.05, 3.63) is 35.5 Å². The number of nitrogens with zero attached hydrogens (tertiary/aromatic N) is 1. The third-order valence-electron chi connectivity index (χ3n) is 3.14. The van der Waals surface area contributed by atoms with Crippen LogP contribution in [0.2, 0.25) is 0 Å². The van der Waals surface area contributed by atoms with E-state index in [0.717, 1.165) is 29.3 Å². The summed E-state index contributed by atoms with van der Waals surface area (Å²) >= 11 is 0. The van der Waals surface area contributed by atoms with Crippen molar-refractivity contribution in [1.29, 1.82) is 0 Å². The van der Waals surface area contributed by atoms with E-state index >= 15 is 0 Å². The molecule has 0 saturated heterocycles. The molecule has 1 heterocycles. The summed E-state index contributed by atoms with van der Waals surface area (Å²) in [6.07, 6.45) is 3.49. The number of carbonyl (C=O) groups is 1. The highest BCUT2D eigenvalue weighted by atomic mass is 16.5. The molecule has 3 N–H and O–H groups in total. The number of hydrogen-bond acceptors (Lipinski definition) is 5. The first kappa shape index (κ1) is 14.3. The van der Waals surface area contributed by atoms with Crippen molar-refractivity contribution in [2.24, 2.45) is 5.84 Å². The van der Waals surface area contributed by atoms with Crippen LogP contribution in [0.5, 0.6) is 0 Å². The van der Waals surface area contributed by atoms with Crippen molar-refractivity contribution >= 4 is 22.6 Å². The predicted molar refractivity (Wildman–Crippen MR) is 79.5 cm³/mol. The van der Waals surface area contributed by atoms with Gasteiger partial charge in [0, 0.05) is 11.6 Å². The molecule has 0 aliphatic heterocycles. The van der Waals surface area contributed by atoms with Crippen molar-refractivity contribution in [2.75, 3.05) is 12.0 Å². The third-order valence-corrected chi connectivity index (χ3v) is 3.14. The molecule has 0 bridgehead atoms. The predicted octanol–water partition coefficient (Wildman–Crippen LogP) is 2.65. The van der Waals surface area contributed by atoms with E-state index in [1.54, 1.807) is 6.92 Å². The summed E-state index contributed by atoms with van der Waals surface area (Å²) in [5, 5.41) is 0.837. The van der Waals surface area contributed by atoms with Crippen molar-refractivity contribution in [3.8, 4) is 0 Å². The number of rotatable bonds is 5. The van der Waals surface area contributed by atoms with Crippen LogP contribution in [0.4, 0.5) is 5.69 Å². The number of hydrogen-bond donors (Lipinski definition) is 2. The summed E-state index contributed by atoms with van der Waals surface area (Å²) < 4.78 is 5.02. The number of esters is 1. The van der Waals surface area contributed by atoms with Crippen LogP contribution in [0.15, 0.2) is 24.4 Å². The number of nitrogens with one attached hydrogen (secondary N) is 1. The Morgan fingerprint density at radius 3 is 2.85 bits per heavy atom. The van der Waals surface area contributed by atoms with Gasteiger partial charge in [0.05, 0.1) is 17.8 Å². The normalized spacial score (nSPS) is 10.6. The number of nitrogen functional groups attached to an aromatic ring is 1. The van der Waals surface area contributed by atoms with Crippen molar-refractivity contribution in [3.63, 3.8) is 0 Å². The Labute approximate surface area is 118 Å². The van der Waals surface area contributed by atoms with Crippen molar-refractivity contribution < 1.29 is 9.53 Å². The summed E-state index contributed by atoms with van der Waals surface area (Å²) in [6, 6.07) is 5.90. The molecule has 0 unspecified atom stereocenters. The Balaban J connectivity index is 2.62. The average Bonchev–Trinajstić information content (AvgIpc) is 2.46. The summed E-state index contributed by atoms with van der Waals surface area (Å²) in [5.41, 5.74) is 5.55. The molecule has 2 rings (SSSR count). The Morgan fingerprint density at radius 1 is 1.40 bits per heavy atom. The van der Waals surface area contributed by atoms with Crippen LogP contribution >= 0.6 is 0 Å². The van der Waals surface area contributed by atoms with Gasteiger partial charge in [-0.15, -0.1) is 0 Å². The summed E-state index contributed by atoms with van der Waals surface area (Å²) in [4.78, 5) is 16.3. The number of ether oxygens (including phenoxy) is 1. The Morgan fingerprint density at radius 2 is 2.20 bits per heavy atom. The van der Waals surface area contributed by atoms with E-state index in [9.17, 15) is 4.79 Å². The van der Waals surface area contributed by atoms with E-state index < -0.39 is 5.97 Å². The van der Waals surface area contributed by atoms with Gasteiger partial charge in [-0.05, 0) is 18.9 Å². The lowest BCUT2D eigenvalue weighted by molar-refractivity contribution is 0.0527. The molecule has 0 amide bonds. The Bertz CT molecular complexity index is 626. The zero-order valence-electron chi connectivity index (χ0n) is 11.8. The maximum absolute atomic E-state index is 11.9. The fourth-order valence-electron chi connectivity index (χ4n) is 2.27. The second-order valence-corrected chi connectivity index (χ2v) is 4.47. The van der Waals surface area contributed by atoms with Gasteiger partial charge in [0.2, 0.25) is 0 Å². The fraction of sp³-hybridized carbons (Fsp3) is 0.333. The minimum absolute atomic E-state index is 0.316. The number of aromatic nitrogens is 1. The van der Waals surface area contributed by atoms with Gasteiger partial charge in [-0.3, -0.25) is 10.8 Å². The molecule has 5 heteroatoms. The SMILES string of the molecule is CCCc1cccc2c(NN)c(C(=O)OCC)cnc12. The van der Waals surface area contributed by atoms with Gasteiger partial charge in [0.25, 0.3) is 0 Å². The number of fused-ring (bicyclic) bond motifs is 1. The number of nitrogens with two attached hydrogens (primary N) is 1. The highest BCUT2D eigenvalue weighted by Gasteiger charge is 2.16. The summed E-state index contributed by atoms with van der Waals surface area (Å²) in [7, 11) is 0. The number of hydrazine groups is 1. The van der Waals surface area contributed by atoms with Crippen LogP contribution < -0.4 is 11.3 Å². The smallest absolute Gasteiger partial charge is 0.341 e. The molecule has 1 aromatic carbocycles. The van der Waals surface area contributed by atoms with Gasteiger partial charge >= 0.3 is 5.97 Å². The number of benzene rings is 1. The topological polar surface area (TPSA) is 77.2 Å². The van der Waals surface area contributed by atoms with Crippen LogP contribution in [0, 0.1) is 0 Å². The highest BCUT2D eigenvalue weighted by molar-refractivity contribution is 6.05. The molecule has 0 atom stereocenters. The van der Waals surface area contributed by atoms with Gasteiger partial charge in [-0.25, -0.2) is 4.79 Å². The number of pyridine rings is 1. The monoisotopic (exact) mass is 273 g/mol. The molecule has 0 aliphatic rings. The first-order valence-electron chi connectivity index (χ1n) is 6.77. The Kier molecular flexibility index (Phi) is 4.53. The molecule has 0 aliphatic carbocycles. The van der Waals surface area contributed by atoms with Gasteiger partial charge < -0.3 is 10.2 Å². The summed E-state index contributed by atoms with van der Waals surface area (Å²) in [6.45, 7) is 4.20. The fourth-order valence-corrected chi connectivity index (χ4v) is 2.27. The van der Waals surface area contributed by atoms with Gasteiger partial charge in [-0.2, -0.15) is 0 Å². The molecule has 2 aromatic rings. The lowest BCUT2D eigenvalue weighted by atomic mass is 10.0. The summed E-state index contributed by atoms with van der Waals surface area (Å²) in [5.74, 6) is 5.17. The number of carbonyl (C=O) groups excluding carboxylic acids is 1. The number of aryl methyl sites for hydroxylation is 1. The molecular formula is C15H19N3O2. The van der Waals surface area contributed by atoms with Crippen LogP contribution in [0.3, 0.4) is 0 Å². The first-order valence-corrected chi connectivity index (χ1v) is 6.77. The molecular weight excluding hydrogens is 254 g/mol. The van der Waals surface area contributed by atoms with E-state index in [1.807, 2.05) is 18.2 Å². The lowest BCUT2D eigenvalue weighted by Gasteiger charge is -2.12. The standard InChI is InChI=1S/C15H19N3O2/c1-3-6-10-7-5-8-11-13(10)17-9-12(14(11)18-16)15(19)20-4-2/h5,7-9H,3-4,6,16H2,1-2H3,(H,17,18). The molecule has 1 aromatic heterocycles. The number of anilines is 1. The molecule has 0 saturated carbocycles. The van der Waals surface area contributed by atoms with Crippen LogP contribution in [-0.4, -0.2) is 17.6 Å². The lowest BCUT2D eigenvalue weighted by Crippen LogP contribution is -2.15. The van der Waals surface area contributed by atoms with Gasteiger partial charge in [0.15, 0.2) is 0 Å². The van der Waals surface area contributed by atoms with E-state index in [2.05, 4.69) is 17.3 Å². The maximum atomic E-state index is 11.9. The number of para-hydroxylation sites is 1. The second-order valence-electron chi connectivity index (χ2n) is 4.47. The highest BCUT2D eigenvalue weighted by Crippen LogP contribution is 2.28. The van der Waals surface area contributed by atoms with Gasteiger partial charge in [0.1, 0.15) is 5.56 Å². The molecule has 0 radical (unpaired) electrons. The van der Waals surface area contributed by atoms with E-state index in [0.29, 0.717) is 17.9 Å². The van der Waals surface area contributed by atoms with E-state index in [-0.39, 0.29) is 0 Å². The van der Waals surface area contributed by atoms with Crippen LogP contribution in [-0.2, 0) is 11.2 Å². The zero-order valence-corrected chi connectivity index (χ0v) is 11.8. The molecule has 0 fully saturated rings. The van der Waals surface area contributed by atoms with E-state index in [1.165, 1.54) is 6.20 Å². The second kappa shape index (κ2) is 6.34. The average molecular weight is 273 g/mol. The first-order chi connectivity index (χ1) is 9.72. The maximum Gasteiger partial charge on any atom is 0.341 e.